The third kappa shape index (κ3) is 3.72. The summed E-state index contributed by atoms with van der Waals surface area (Å²) in [6, 6.07) is 20.9. The predicted octanol–water partition coefficient (Wildman–Crippen LogP) is 4.65. The molecular weight excluding hydrogens is 434 g/mol. The van der Waals surface area contributed by atoms with Crippen molar-refractivity contribution >= 4 is 32.2 Å². The molecule has 33 heavy (non-hydrogen) atoms. The summed E-state index contributed by atoms with van der Waals surface area (Å²) in [5.74, 6) is 0.581. The maximum atomic E-state index is 13.5. The Morgan fingerprint density at radius 1 is 0.909 bits per heavy atom. The molecule has 2 heterocycles. The van der Waals surface area contributed by atoms with Gasteiger partial charge in [-0.2, -0.15) is 4.52 Å². The van der Waals surface area contributed by atoms with Crippen LogP contribution in [-0.2, 0) is 16.4 Å². The molecule has 0 aliphatic carbocycles. The number of para-hydroxylation sites is 1. The molecule has 0 spiro atoms. The quantitative estimate of drug-likeness (QED) is 0.413. The molecule has 5 rings (SSSR count). The van der Waals surface area contributed by atoms with E-state index in [1.165, 1.54) is 10.1 Å². The Balaban J connectivity index is 1.64. The first-order valence-electron chi connectivity index (χ1n) is 10.6. The molecule has 0 amide bonds. The predicted molar refractivity (Wildman–Crippen MR) is 128 cm³/mol. The van der Waals surface area contributed by atoms with Crippen LogP contribution in [0.25, 0.3) is 16.6 Å². The second kappa shape index (κ2) is 7.97. The second-order valence-corrected chi connectivity index (χ2v) is 10.1. The number of rotatable bonds is 5. The van der Waals surface area contributed by atoms with E-state index in [-0.39, 0.29) is 15.6 Å². The van der Waals surface area contributed by atoms with E-state index in [4.69, 9.17) is 0 Å². The smallest absolute Gasteiger partial charge is 0.229 e. The number of nitrogens with zero attached hydrogens (tertiary/aromatic N) is 4. The molecule has 0 bridgehead atoms. The van der Waals surface area contributed by atoms with Crippen LogP contribution in [0.2, 0.25) is 0 Å². The number of aryl methyl sites for hydroxylation is 3. The minimum Gasteiger partial charge on any atom is -0.365 e. The van der Waals surface area contributed by atoms with E-state index in [0.717, 1.165) is 27.6 Å². The van der Waals surface area contributed by atoms with Crippen molar-refractivity contribution in [2.24, 2.45) is 0 Å². The number of hydrogen-bond donors (Lipinski definition) is 1. The minimum absolute atomic E-state index is 0.158. The van der Waals surface area contributed by atoms with Crippen molar-refractivity contribution in [1.29, 1.82) is 0 Å². The average Bonchev–Trinajstić information content (AvgIpc) is 3.25. The van der Waals surface area contributed by atoms with Gasteiger partial charge in [0.15, 0.2) is 5.65 Å². The van der Waals surface area contributed by atoms with E-state index in [9.17, 15) is 8.42 Å². The summed E-state index contributed by atoms with van der Waals surface area (Å²) in [6.45, 7) is 6.42. The van der Waals surface area contributed by atoms with Crippen LogP contribution in [0.4, 0.5) is 5.82 Å². The Bertz CT molecular complexity index is 1610. The number of hydrogen-bond acceptors (Lipinski definition) is 6. The van der Waals surface area contributed by atoms with Crippen molar-refractivity contribution < 1.29 is 8.42 Å². The lowest BCUT2D eigenvalue weighted by molar-refractivity contribution is 0.592. The zero-order valence-electron chi connectivity index (χ0n) is 18.6. The number of aromatic nitrogens is 4. The summed E-state index contributed by atoms with van der Waals surface area (Å²) >= 11 is 0. The summed E-state index contributed by atoms with van der Waals surface area (Å²) in [7, 11) is -3.90. The standard InChI is InChI=1S/C25H23N5O2S/c1-16-8-11-19(12-9-16)15-26-23-21-6-4-5-7-22(21)30-24(27-23)25(28-29-30)33(31,32)20-13-10-17(2)18(3)14-20/h4-14H,15H2,1-3H3,(H,26,27). The molecule has 1 N–H and O–H groups in total. The van der Waals surface area contributed by atoms with E-state index in [2.05, 4.69) is 44.9 Å². The zero-order valence-corrected chi connectivity index (χ0v) is 19.4. The van der Waals surface area contributed by atoms with Crippen LogP contribution in [0.3, 0.4) is 0 Å². The molecule has 0 radical (unpaired) electrons. The Labute approximate surface area is 192 Å². The van der Waals surface area contributed by atoms with Crippen molar-refractivity contribution in [3.8, 4) is 0 Å². The first-order valence-corrected chi connectivity index (χ1v) is 12.1. The van der Waals surface area contributed by atoms with Crippen molar-refractivity contribution in [2.75, 3.05) is 5.32 Å². The molecule has 0 unspecified atom stereocenters. The highest BCUT2D eigenvalue weighted by Crippen LogP contribution is 2.29. The summed E-state index contributed by atoms with van der Waals surface area (Å²) in [5, 5.41) is 12.2. The largest absolute Gasteiger partial charge is 0.365 e. The molecule has 3 aromatic carbocycles. The molecule has 0 aliphatic heterocycles. The lowest BCUT2D eigenvalue weighted by Crippen LogP contribution is -2.07. The molecule has 2 aromatic heterocycles. The van der Waals surface area contributed by atoms with Gasteiger partial charge >= 0.3 is 0 Å². The van der Waals surface area contributed by atoms with Crippen molar-refractivity contribution in [1.82, 2.24) is 19.8 Å². The van der Waals surface area contributed by atoms with Crippen LogP contribution in [0, 0.1) is 20.8 Å². The number of nitrogens with one attached hydrogen (secondary N) is 1. The number of sulfone groups is 1. The highest BCUT2D eigenvalue weighted by molar-refractivity contribution is 7.91. The van der Waals surface area contributed by atoms with Gasteiger partial charge in [0.25, 0.3) is 0 Å². The van der Waals surface area contributed by atoms with Crippen LogP contribution in [0.15, 0.2) is 76.7 Å². The highest BCUT2D eigenvalue weighted by atomic mass is 32.2. The van der Waals surface area contributed by atoms with E-state index >= 15 is 0 Å². The molecule has 0 saturated carbocycles. The lowest BCUT2D eigenvalue weighted by atomic mass is 10.1. The average molecular weight is 458 g/mol. The molecule has 7 nitrogen and oxygen atoms in total. The van der Waals surface area contributed by atoms with Crippen LogP contribution < -0.4 is 5.32 Å². The Hall–Kier alpha value is -3.78. The Morgan fingerprint density at radius 2 is 1.67 bits per heavy atom. The van der Waals surface area contributed by atoms with E-state index in [1.54, 1.807) is 18.2 Å². The molecule has 5 aromatic rings. The summed E-state index contributed by atoms with van der Waals surface area (Å²) in [5.41, 5.74) is 5.12. The number of benzene rings is 3. The third-order valence-electron chi connectivity index (χ3n) is 5.85. The summed E-state index contributed by atoms with van der Waals surface area (Å²) in [4.78, 5) is 4.85. The van der Waals surface area contributed by atoms with Crippen molar-refractivity contribution in [3.05, 3.63) is 89.0 Å². The van der Waals surface area contributed by atoms with Gasteiger partial charge in [0.1, 0.15) is 5.82 Å². The van der Waals surface area contributed by atoms with Gasteiger partial charge in [-0.05, 0) is 61.7 Å². The number of anilines is 1. The van der Waals surface area contributed by atoms with Gasteiger partial charge < -0.3 is 5.32 Å². The first-order chi connectivity index (χ1) is 15.8. The number of fused-ring (bicyclic) bond motifs is 3. The topological polar surface area (TPSA) is 89.2 Å². The van der Waals surface area contributed by atoms with Gasteiger partial charge in [-0.15, -0.1) is 5.10 Å². The minimum atomic E-state index is -3.90. The van der Waals surface area contributed by atoms with Gasteiger partial charge in [-0.25, -0.2) is 13.4 Å². The molecule has 0 fully saturated rings. The summed E-state index contributed by atoms with van der Waals surface area (Å²) in [6.07, 6.45) is 0. The third-order valence-corrected chi connectivity index (χ3v) is 7.49. The van der Waals surface area contributed by atoms with Gasteiger partial charge in [-0.3, -0.25) is 0 Å². The fourth-order valence-electron chi connectivity index (χ4n) is 3.74. The zero-order chi connectivity index (χ0) is 23.2. The molecule has 166 valence electrons. The normalized spacial score (nSPS) is 11.8. The van der Waals surface area contributed by atoms with Gasteiger partial charge in [0.05, 0.1) is 10.4 Å². The molecule has 8 heteroatoms. The van der Waals surface area contributed by atoms with Crippen molar-refractivity contribution in [3.63, 3.8) is 0 Å². The molecule has 0 atom stereocenters. The molecule has 0 saturated heterocycles. The fourth-order valence-corrected chi connectivity index (χ4v) is 5.06. The fraction of sp³-hybridized carbons (Fsp3) is 0.160. The maximum absolute atomic E-state index is 13.5. The van der Waals surface area contributed by atoms with Crippen LogP contribution in [-0.4, -0.2) is 28.2 Å². The van der Waals surface area contributed by atoms with Crippen LogP contribution in [0.1, 0.15) is 22.3 Å². The summed E-state index contributed by atoms with van der Waals surface area (Å²) < 4.78 is 28.4. The van der Waals surface area contributed by atoms with Crippen LogP contribution >= 0.6 is 0 Å². The van der Waals surface area contributed by atoms with Crippen LogP contribution in [0.5, 0.6) is 0 Å². The van der Waals surface area contributed by atoms with Gasteiger partial charge in [0, 0.05) is 11.9 Å². The lowest BCUT2D eigenvalue weighted by Gasteiger charge is -2.11. The van der Waals surface area contributed by atoms with E-state index in [1.807, 2.05) is 45.0 Å². The maximum Gasteiger partial charge on any atom is 0.229 e. The van der Waals surface area contributed by atoms with E-state index < -0.39 is 9.84 Å². The van der Waals surface area contributed by atoms with Crippen molar-refractivity contribution in [2.45, 2.75) is 37.2 Å². The second-order valence-electron chi connectivity index (χ2n) is 8.20. The highest BCUT2D eigenvalue weighted by Gasteiger charge is 2.27. The van der Waals surface area contributed by atoms with E-state index in [0.29, 0.717) is 12.4 Å². The monoisotopic (exact) mass is 457 g/mol. The van der Waals surface area contributed by atoms with Gasteiger partial charge in [-0.1, -0.05) is 53.2 Å². The Morgan fingerprint density at radius 3 is 2.42 bits per heavy atom. The molecule has 0 aliphatic rings. The first kappa shape index (κ1) is 21.1. The van der Waals surface area contributed by atoms with Gasteiger partial charge in [0.2, 0.25) is 14.9 Å². The Kier molecular flexibility index (Phi) is 5.09. The molecular formula is C25H23N5O2S. The SMILES string of the molecule is Cc1ccc(CNc2nc3c(S(=O)(=O)c4ccc(C)c(C)c4)nnn3c3ccccc23)cc1.